The fraction of sp³-hybridized carbons (Fsp3) is 0.500. The van der Waals surface area contributed by atoms with Crippen molar-refractivity contribution in [3.05, 3.63) is 6.20 Å². The number of anilines is 2. The molecule has 0 bridgehead atoms. The van der Waals surface area contributed by atoms with E-state index in [1.54, 1.807) is 0 Å². The van der Waals surface area contributed by atoms with Crippen LogP contribution in [0.15, 0.2) is 6.20 Å². The van der Waals surface area contributed by atoms with E-state index in [1.807, 2.05) is 13.8 Å². The fourth-order valence-electron chi connectivity index (χ4n) is 0.718. The predicted octanol–water partition coefficient (Wildman–Crippen LogP) is -0.000600. The Hall–Kier alpha value is -1.39. The summed E-state index contributed by atoms with van der Waals surface area (Å²) in [5.74, 6) is 0.457. The van der Waals surface area contributed by atoms with Crippen LogP contribution in [-0.2, 0) is 0 Å². The number of nitrogens with two attached hydrogens (primary N) is 2. The van der Waals surface area contributed by atoms with Crippen LogP contribution in [0, 0.1) is 0 Å². The highest BCUT2D eigenvalue weighted by Gasteiger charge is 2.02. The SMILES string of the molecule is CC(C)Nn1ncc(N)c1N. The predicted molar refractivity (Wildman–Crippen MR) is 45.5 cm³/mol. The first-order valence-corrected chi connectivity index (χ1v) is 3.46. The molecule has 5 nitrogen and oxygen atoms in total. The van der Waals surface area contributed by atoms with Gasteiger partial charge in [0.2, 0.25) is 0 Å². The third kappa shape index (κ3) is 1.54. The van der Waals surface area contributed by atoms with Crippen LogP contribution in [0.3, 0.4) is 0 Å². The van der Waals surface area contributed by atoms with Crippen LogP contribution in [0.25, 0.3) is 0 Å². The molecule has 0 fully saturated rings. The molecule has 5 N–H and O–H groups in total. The van der Waals surface area contributed by atoms with Gasteiger partial charge in [0.05, 0.1) is 11.9 Å². The van der Waals surface area contributed by atoms with Gasteiger partial charge >= 0.3 is 0 Å². The summed E-state index contributed by atoms with van der Waals surface area (Å²) >= 11 is 0. The molecule has 0 unspecified atom stereocenters. The summed E-state index contributed by atoms with van der Waals surface area (Å²) < 4.78 is 0. The van der Waals surface area contributed by atoms with E-state index in [9.17, 15) is 0 Å². The molecule has 0 spiro atoms. The van der Waals surface area contributed by atoms with Crippen LogP contribution in [0.1, 0.15) is 13.8 Å². The van der Waals surface area contributed by atoms with Crippen molar-refractivity contribution < 1.29 is 0 Å². The van der Waals surface area contributed by atoms with E-state index in [1.165, 1.54) is 11.0 Å². The Kier molecular flexibility index (Phi) is 1.89. The molecule has 5 heteroatoms. The first kappa shape index (κ1) is 7.71. The zero-order valence-electron chi connectivity index (χ0n) is 6.70. The quantitative estimate of drug-likeness (QED) is 0.561. The zero-order chi connectivity index (χ0) is 8.43. The van der Waals surface area contributed by atoms with Crippen molar-refractivity contribution in [1.82, 2.24) is 9.89 Å². The second-order valence-corrected chi connectivity index (χ2v) is 2.68. The second kappa shape index (κ2) is 2.69. The van der Waals surface area contributed by atoms with Crippen molar-refractivity contribution in [2.45, 2.75) is 19.9 Å². The minimum atomic E-state index is 0.289. The molecule has 0 aliphatic carbocycles. The van der Waals surface area contributed by atoms with Gasteiger partial charge in [-0.25, -0.2) is 0 Å². The summed E-state index contributed by atoms with van der Waals surface area (Å²) in [6.45, 7) is 3.99. The van der Waals surface area contributed by atoms with Crippen LogP contribution in [0.4, 0.5) is 11.5 Å². The normalized spacial score (nSPS) is 10.5. The largest absolute Gasteiger partial charge is 0.394 e. The average Bonchev–Trinajstić information content (AvgIpc) is 2.18. The van der Waals surface area contributed by atoms with Gasteiger partial charge in [0.15, 0.2) is 5.82 Å². The molecule has 0 aliphatic heterocycles. The maximum atomic E-state index is 5.56. The van der Waals surface area contributed by atoms with E-state index in [-0.39, 0.29) is 6.04 Å². The highest BCUT2D eigenvalue weighted by atomic mass is 15.6. The topological polar surface area (TPSA) is 81.9 Å². The lowest BCUT2D eigenvalue weighted by Gasteiger charge is -2.10. The molecule has 0 aromatic carbocycles. The maximum Gasteiger partial charge on any atom is 0.168 e. The van der Waals surface area contributed by atoms with Crippen molar-refractivity contribution in [1.29, 1.82) is 0 Å². The van der Waals surface area contributed by atoms with Crippen molar-refractivity contribution >= 4 is 11.5 Å². The Bertz CT molecular complexity index is 239. The maximum absolute atomic E-state index is 5.56. The molecule has 1 rings (SSSR count). The van der Waals surface area contributed by atoms with Crippen molar-refractivity contribution in [2.75, 3.05) is 16.9 Å². The average molecular weight is 155 g/mol. The summed E-state index contributed by atoms with van der Waals surface area (Å²) in [4.78, 5) is 1.47. The lowest BCUT2D eigenvalue weighted by Crippen LogP contribution is -2.24. The van der Waals surface area contributed by atoms with Crippen molar-refractivity contribution in [3.8, 4) is 0 Å². The number of hydrogen-bond acceptors (Lipinski definition) is 4. The van der Waals surface area contributed by atoms with Gasteiger partial charge in [-0.05, 0) is 13.8 Å². The smallest absolute Gasteiger partial charge is 0.168 e. The molecule has 0 atom stereocenters. The Morgan fingerprint density at radius 3 is 2.55 bits per heavy atom. The number of rotatable bonds is 2. The van der Waals surface area contributed by atoms with E-state index < -0.39 is 0 Å². The molecule has 62 valence electrons. The first-order chi connectivity index (χ1) is 5.11. The van der Waals surface area contributed by atoms with Gasteiger partial charge in [0.1, 0.15) is 0 Å². The first-order valence-electron chi connectivity index (χ1n) is 3.46. The van der Waals surface area contributed by atoms with Gasteiger partial charge in [0, 0.05) is 6.04 Å². The highest BCUT2D eigenvalue weighted by Crippen LogP contribution is 2.10. The zero-order valence-corrected chi connectivity index (χ0v) is 6.70. The van der Waals surface area contributed by atoms with Crippen LogP contribution < -0.4 is 16.9 Å². The number of hydrogen-bond donors (Lipinski definition) is 3. The molecule has 1 aromatic rings. The molecule has 0 amide bonds. The van der Waals surface area contributed by atoms with Crippen molar-refractivity contribution in [3.63, 3.8) is 0 Å². The molecular formula is C6H13N5. The van der Waals surface area contributed by atoms with E-state index in [0.717, 1.165) is 0 Å². The number of nitrogen functional groups attached to an aromatic ring is 2. The standard InChI is InChI=1S/C6H13N5/c1-4(2)10-11-6(8)5(7)3-9-11/h3-4,10H,7-8H2,1-2H3. The monoisotopic (exact) mass is 155 g/mol. The van der Waals surface area contributed by atoms with Crippen LogP contribution >= 0.6 is 0 Å². The molecule has 1 heterocycles. The number of nitrogens with one attached hydrogen (secondary N) is 1. The van der Waals surface area contributed by atoms with Gasteiger partial charge in [-0.15, -0.1) is 0 Å². The summed E-state index contributed by atoms with van der Waals surface area (Å²) in [6.07, 6.45) is 1.52. The molecule has 0 aliphatic rings. The van der Waals surface area contributed by atoms with Gasteiger partial charge in [-0.1, -0.05) is 0 Å². The Morgan fingerprint density at radius 2 is 2.18 bits per heavy atom. The molecular weight excluding hydrogens is 142 g/mol. The van der Waals surface area contributed by atoms with Crippen molar-refractivity contribution in [2.24, 2.45) is 0 Å². The summed E-state index contributed by atoms with van der Waals surface area (Å²) in [5, 5.41) is 3.91. The minimum absolute atomic E-state index is 0.289. The summed E-state index contributed by atoms with van der Waals surface area (Å²) in [7, 11) is 0. The molecule has 11 heavy (non-hydrogen) atoms. The second-order valence-electron chi connectivity index (χ2n) is 2.68. The summed E-state index contributed by atoms with van der Waals surface area (Å²) in [6, 6.07) is 0.289. The van der Waals surface area contributed by atoms with Crippen LogP contribution in [-0.4, -0.2) is 15.9 Å². The molecule has 0 saturated carbocycles. The van der Waals surface area contributed by atoms with Gasteiger partial charge in [0.25, 0.3) is 0 Å². The Labute approximate surface area is 65.3 Å². The van der Waals surface area contributed by atoms with E-state index in [2.05, 4.69) is 10.5 Å². The Morgan fingerprint density at radius 1 is 1.55 bits per heavy atom. The van der Waals surface area contributed by atoms with Gasteiger partial charge in [-0.2, -0.15) is 9.89 Å². The third-order valence-electron chi connectivity index (χ3n) is 1.22. The van der Waals surface area contributed by atoms with E-state index >= 15 is 0 Å². The van der Waals surface area contributed by atoms with E-state index in [0.29, 0.717) is 11.5 Å². The summed E-state index contributed by atoms with van der Waals surface area (Å²) in [5.41, 5.74) is 14.5. The lowest BCUT2D eigenvalue weighted by molar-refractivity contribution is 0.675. The van der Waals surface area contributed by atoms with Gasteiger partial charge in [-0.3, -0.25) is 0 Å². The van der Waals surface area contributed by atoms with Crippen LogP contribution in [0.2, 0.25) is 0 Å². The number of nitrogens with zero attached hydrogens (tertiary/aromatic N) is 2. The van der Waals surface area contributed by atoms with E-state index in [4.69, 9.17) is 11.5 Å². The number of aromatic nitrogens is 2. The minimum Gasteiger partial charge on any atom is -0.394 e. The molecule has 0 saturated heterocycles. The van der Waals surface area contributed by atoms with Gasteiger partial charge < -0.3 is 16.9 Å². The molecule has 0 radical (unpaired) electrons. The highest BCUT2D eigenvalue weighted by molar-refractivity contribution is 5.57. The lowest BCUT2D eigenvalue weighted by atomic mass is 10.4. The fourth-order valence-corrected chi connectivity index (χ4v) is 0.718. The molecule has 1 aromatic heterocycles. The van der Waals surface area contributed by atoms with Crippen LogP contribution in [0.5, 0.6) is 0 Å². The Balaban J connectivity index is 2.79. The third-order valence-corrected chi connectivity index (χ3v) is 1.22.